The molecule has 0 fully saturated rings. The first-order chi connectivity index (χ1) is 5.63. The van der Waals surface area contributed by atoms with Crippen molar-refractivity contribution in [3.05, 3.63) is 23.8 Å². The van der Waals surface area contributed by atoms with Crippen molar-refractivity contribution in [3.8, 4) is 0 Å². The molecule has 0 atom stereocenters. The van der Waals surface area contributed by atoms with Crippen LogP contribution in [0.1, 0.15) is 6.42 Å². The van der Waals surface area contributed by atoms with Crippen LogP contribution in [0.15, 0.2) is 23.8 Å². The molecule has 0 spiro atoms. The molecule has 4 nitrogen and oxygen atoms in total. The van der Waals surface area contributed by atoms with E-state index in [0.717, 1.165) is 0 Å². The standard InChI is InChI=1S/C7H6O4S.BH4.Na/c8-7(9)5-3-1-2-4-6(5)12(10)11;;/h1-3H,4H2,(H,8,9);1H4;/q;-1;+1. The molecule has 0 unspecified atom stereocenters. The van der Waals surface area contributed by atoms with Gasteiger partial charge in [-0.2, -0.15) is 8.42 Å². The van der Waals surface area contributed by atoms with E-state index in [9.17, 15) is 13.2 Å². The molecular weight excluding hydrogens is 214 g/mol. The molecule has 0 aliphatic heterocycles. The van der Waals surface area contributed by atoms with Crippen LogP contribution in [0.25, 0.3) is 0 Å². The third-order valence-corrected chi connectivity index (χ3v) is 2.22. The number of carbonyl (C=O) groups is 1. The quantitative estimate of drug-likeness (QED) is 0.360. The van der Waals surface area contributed by atoms with Crippen LogP contribution in [-0.2, 0) is 15.1 Å². The first-order valence-corrected chi connectivity index (χ1v) is 4.26. The molecule has 1 rings (SSSR count). The van der Waals surface area contributed by atoms with Gasteiger partial charge in [-0.1, -0.05) is 20.6 Å². The predicted octanol–water partition coefficient (Wildman–Crippen LogP) is -4.44. The minimum atomic E-state index is -2.44. The van der Waals surface area contributed by atoms with Gasteiger partial charge >= 0.3 is 35.5 Å². The Morgan fingerprint density at radius 2 is 2.00 bits per heavy atom. The summed E-state index contributed by atoms with van der Waals surface area (Å²) >= 11 is 0. The van der Waals surface area contributed by atoms with E-state index in [-0.39, 0.29) is 54.8 Å². The van der Waals surface area contributed by atoms with Gasteiger partial charge in [-0.15, -0.1) is 0 Å². The minimum absolute atomic E-state index is 0. The largest absolute Gasteiger partial charge is 1.00 e. The number of aliphatic carboxylic acids is 1. The molecule has 0 aromatic carbocycles. The van der Waals surface area contributed by atoms with Crippen LogP contribution in [0.5, 0.6) is 0 Å². The third kappa shape index (κ3) is 3.83. The molecule has 0 saturated carbocycles. The SMILES string of the molecule is O=C(O)C1=CC=CCC1=S(=O)=O.[BH4-].[Na+]. The average molecular weight is 224 g/mol. The molecule has 0 aromatic heterocycles. The summed E-state index contributed by atoms with van der Waals surface area (Å²) in [6.07, 6.45) is 4.56. The summed E-state index contributed by atoms with van der Waals surface area (Å²) in [5, 5.41) is 8.56. The van der Waals surface area contributed by atoms with Crippen LogP contribution in [-0.4, -0.2) is 32.8 Å². The van der Waals surface area contributed by atoms with Crippen LogP contribution in [0.2, 0.25) is 0 Å². The van der Waals surface area contributed by atoms with Gasteiger partial charge in [-0.25, -0.2) is 4.79 Å². The van der Waals surface area contributed by atoms with Crippen molar-refractivity contribution in [3.63, 3.8) is 0 Å². The zero-order valence-corrected chi connectivity index (χ0v) is 9.84. The molecular formula is C7H10BNaO4S. The Morgan fingerprint density at radius 3 is 2.36 bits per heavy atom. The maximum atomic E-state index is 10.5. The van der Waals surface area contributed by atoms with Gasteiger partial charge in [0.05, 0.1) is 10.4 Å². The zero-order chi connectivity index (χ0) is 9.14. The Hall–Kier alpha value is -0.295. The van der Waals surface area contributed by atoms with Crippen molar-refractivity contribution in [1.29, 1.82) is 0 Å². The minimum Gasteiger partial charge on any atom is -0.478 e. The van der Waals surface area contributed by atoms with Gasteiger partial charge < -0.3 is 5.11 Å². The summed E-state index contributed by atoms with van der Waals surface area (Å²) in [6.45, 7) is 0. The molecule has 0 aromatic rings. The van der Waals surface area contributed by atoms with Crippen LogP contribution in [0.3, 0.4) is 0 Å². The summed E-state index contributed by atoms with van der Waals surface area (Å²) in [4.78, 5) is 10.4. The van der Waals surface area contributed by atoms with Crippen LogP contribution >= 0.6 is 0 Å². The topological polar surface area (TPSA) is 71.4 Å². The number of hydrogen-bond donors (Lipinski definition) is 1. The monoisotopic (exact) mass is 224 g/mol. The van der Waals surface area contributed by atoms with E-state index < -0.39 is 16.3 Å². The molecule has 14 heavy (non-hydrogen) atoms. The van der Waals surface area contributed by atoms with E-state index in [1.54, 1.807) is 6.08 Å². The number of hydrogen-bond acceptors (Lipinski definition) is 3. The summed E-state index contributed by atoms with van der Waals surface area (Å²) in [7, 11) is -2.44. The van der Waals surface area contributed by atoms with Crippen molar-refractivity contribution in [1.82, 2.24) is 0 Å². The van der Waals surface area contributed by atoms with Crippen LogP contribution in [0.4, 0.5) is 0 Å². The zero-order valence-electron chi connectivity index (χ0n) is 7.02. The molecule has 0 saturated heterocycles. The van der Waals surface area contributed by atoms with Crippen molar-refractivity contribution in [2.75, 3.05) is 0 Å². The fourth-order valence-corrected chi connectivity index (χ4v) is 1.46. The van der Waals surface area contributed by atoms with E-state index in [2.05, 4.69) is 0 Å². The Bertz CT molecular complexity index is 399. The van der Waals surface area contributed by atoms with Crippen LogP contribution < -0.4 is 29.6 Å². The first-order valence-electron chi connectivity index (χ1n) is 3.18. The van der Waals surface area contributed by atoms with E-state index in [0.29, 0.717) is 0 Å². The normalized spacial score (nSPS) is 13.4. The molecule has 0 radical (unpaired) electrons. The van der Waals surface area contributed by atoms with E-state index in [1.165, 1.54) is 12.2 Å². The van der Waals surface area contributed by atoms with Crippen molar-refractivity contribution < 1.29 is 47.9 Å². The summed E-state index contributed by atoms with van der Waals surface area (Å²) in [6, 6.07) is 0. The number of rotatable bonds is 1. The fourth-order valence-electron chi connectivity index (χ4n) is 0.891. The molecule has 1 aliphatic rings. The van der Waals surface area contributed by atoms with Gasteiger partial charge in [-0.3, -0.25) is 0 Å². The molecule has 72 valence electrons. The second-order valence-corrected chi connectivity index (χ2v) is 3.14. The average Bonchev–Trinajstić information content (AvgIpc) is 2.04. The Morgan fingerprint density at radius 1 is 1.43 bits per heavy atom. The van der Waals surface area contributed by atoms with Crippen molar-refractivity contribution in [2.24, 2.45) is 0 Å². The van der Waals surface area contributed by atoms with Gasteiger partial charge in [0.25, 0.3) is 0 Å². The Labute approximate surface area is 107 Å². The second kappa shape index (κ2) is 7.06. The van der Waals surface area contributed by atoms with Crippen molar-refractivity contribution >= 4 is 29.5 Å². The molecule has 0 bridgehead atoms. The van der Waals surface area contributed by atoms with Crippen LogP contribution in [0, 0.1) is 0 Å². The molecule has 0 amide bonds. The first kappa shape index (κ1) is 16.1. The van der Waals surface area contributed by atoms with Gasteiger partial charge in [0.2, 0.25) is 10.3 Å². The molecule has 1 aliphatic carbocycles. The van der Waals surface area contributed by atoms with Crippen molar-refractivity contribution in [2.45, 2.75) is 6.42 Å². The molecule has 1 N–H and O–H groups in total. The number of carboxylic acid groups (broad SMARTS) is 1. The molecule has 7 heteroatoms. The number of carboxylic acids is 1. The summed E-state index contributed by atoms with van der Waals surface area (Å²) in [5.74, 6) is -1.21. The third-order valence-electron chi connectivity index (χ3n) is 1.43. The maximum Gasteiger partial charge on any atom is 1.00 e. The van der Waals surface area contributed by atoms with E-state index in [4.69, 9.17) is 5.11 Å². The predicted molar refractivity (Wildman–Crippen MR) is 54.7 cm³/mol. The Balaban J connectivity index is 0. The number of allylic oxidation sites excluding steroid dienone is 3. The fraction of sp³-hybridized carbons (Fsp3) is 0.143. The van der Waals surface area contributed by atoms with Gasteiger partial charge in [0, 0.05) is 6.42 Å². The van der Waals surface area contributed by atoms with Gasteiger partial charge in [0.15, 0.2) is 0 Å². The summed E-state index contributed by atoms with van der Waals surface area (Å²) in [5.41, 5.74) is -0.147. The Kier molecular flexibility index (Phi) is 8.14. The van der Waals surface area contributed by atoms with Gasteiger partial charge in [0.1, 0.15) is 0 Å². The van der Waals surface area contributed by atoms with E-state index >= 15 is 0 Å². The van der Waals surface area contributed by atoms with E-state index in [1.807, 2.05) is 0 Å². The molecule has 0 heterocycles. The summed E-state index contributed by atoms with van der Waals surface area (Å²) < 4.78 is 21.0. The van der Waals surface area contributed by atoms with Gasteiger partial charge in [-0.05, 0) is 6.08 Å². The second-order valence-electron chi connectivity index (χ2n) is 2.18. The smallest absolute Gasteiger partial charge is 0.478 e. The maximum absolute atomic E-state index is 10.5.